The summed E-state index contributed by atoms with van der Waals surface area (Å²) in [5, 5.41) is 9.72. The second-order valence-electron chi connectivity index (χ2n) is 13.7. The molecule has 9 aromatic carbocycles. The van der Waals surface area contributed by atoms with Crippen molar-refractivity contribution in [3.05, 3.63) is 188 Å². The van der Waals surface area contributed by atoms with Crippen LogP contribution in [0.1, 0.15) is 0 Å². The van der Waals surface area contributed by atoms with Gasteiger partial charge in [0.25, 0.3) is 0 Å². The quantitative estimate of drug-likeness (QED) is 0.167. The van der Waals surface area contributed by atoms with E-state index in [-0.39, 0.29) is 0 Å². The fraction of sp³-hybridized carbons (Fsp3) is 0. The van der Waals surface area contributed by atoms with E-state index in [0.29, 0.717) is 0 Å². The number of hydrogen-bond donors (Lipinski definition) is 0. The van der Waals surface area contributed by atoms with Gasteiger partial charge >= 0.3 is 0 Å². The summed E-state index contributed by atoms with van der Waals surface area (Å²) in [5.74, 6) is 0. The predicted molar refractivity (Wildman–Crippen MR) is 227 cm³/mol. The molecule has 11 aromatic rings. The van der Waals surface area contributed by atoms with Gasteiger partial charge in [0.15, 0.2) is 0 Å². The van der Waals surface area contributed by atoms with Gasteiger partial charge < -0.3 is 9.32 Å². The summed E-state index contributed by atoms with van der Waals surface area (Å²) in [5.41, 5.74) is 9.97. The summed E-state index contributed by atoms with van der Waals surface area (Å²) in [4.78, 5) is 2.41. The van der Waals surface area contributed by atoms with E-state index in [1.165, 1.54) is 58.5 Å². The average Bonchev–Trinajstić information content (AvgIpc) is 3.81. The van der Waals surface area contributed by atoms with E-state index >= 15 is 0 Å². The maximum atomic E-state index is 6.61. The van der Waals surface area contributed by atoms with Gasteiger partial charge in [-0.1, -0.05) is 140 Å². The molecule has 2 heterocycles. The standard InChI is InChI=1S/C50H31NOS/c1-2-12-32(13-3-1)34-14-10-15-37(30-34)51(45-22-11-21-43-40-18-8-9-23-47(40)53-50(43)45)36-27-24-33(25-28-36)35-26-29-46-44(31-35)48-41-19-6-4-16-38(41)39-17-5-7-20-42(39)49(48)52-46/h1-31H. The fourth-order valence-corrected chi connectivity index (χ4v) is 9.39. The molecule has 11 rings (SSSR count). The molecule has 0 radical (unpaired) electrons. The van der Waals surface area contributed by atoms with Crippen molar-refractivity contribution in [1.82, 2.24) is 0 Å². The minimum absolute atomic E-state index is 0.905. The number of thiophene rings is 1. The molecule has 0 fully saturated rings. The summed E-state index contributed by atoms with van der Waals surface area (Å²) in [6, 6.07) is 67.9. The van der Waals surface area contributed by atoms with E-state index in [4.69, 9.17) is 4.42 Å². The minimum Gasteiger partial charge on any atom is -0.455 e. The van der Waals surface area contributed by atoms with Crippen molar-refractivity contribution in [2.75, 3.05) is 4.90 Å². The Bertz CT molecular complexity index is 3170. The predicted octanol–water partition coefficient (Wildman–Crippen LogP) is 15.1. The van der Waals surface area contributed by atoms with Crippen molar-refractivity contribution in [3.63, 3.8) is 0 Å². The number of fused-ring (bicyclic) bond motifs is 11. The van der Waals surface area contributed by atoms with Gasteiger partial charge in [-0.15, -0.1) is 11.3 Å². The number of furan rings is 1. The van der Waals surface area contributed by atoms with Gasteiger partial charge in [0.2, 0.25) is 0 Å². The molecular weight excluding hydrogens is 663 g/mol. The first-order valence-electron chi connectivity index (χ1n) is 18.0. The molecule has 0 aliphatic rings. The van der Waals surface area contributed by atoms with E-state index in [0.717, 1.165) is 44.4 Å². The molecule has 3 heteroatoms. The molecule has 0 amide bonds. The zero-order chi connectivity index (χ0) is 34.9. The van der Waals surface area contributed by atoms with Crippen molar-refractivity contribution < 1.29 is 4.42 Å². The molecule has 0 saturated heterocycles. The lowest BCUT2D eigenvalue weighted by molar-refractivity contribution is 0.673. The normalized spacial score (nSPS) is 11.8. The smallest absolute Gasteiger partial charge is 0.143 e. The second kappa shape index (κ2) is 11.9. The van der Waals surface area contributed by atoms with Crippen LogP contribution in [-0.2, 0) is 0 Å². The first-order chi connectivity index (χ1) is 26.3. The molecule has 2 aromatic heterocycles. The highest BCUT2D eigenvalue weighted by molar-refractivity contribution is 7.26. The lowest BCUT2D eigenvalue weighted by atomic mass is 9.96. The first kappa shape index (κ1) is 30.0. The highest BCUT2D eigenvalue weighted by Crippen LogP contribution is 2.46. The number of benzene rings is 9. The Morgan fingerprint density at radius 3 is 1.81 bits per heavy atom. The highest BCUT2D eigenvalue weighted by Gasteiger charge is 2.20. The van der Waals surface area contributed by atoms with E-state index in [1.54, 1.807) is 0 Å². The maximum Gasteiger partial charge on any atom is 0.143 e. The Kier molecular flexibility index (Phi) is 6.76. The number of nitrogens with zero attached hydrogens (tertiary/aromatic N) is 1. The molecule has 0 atom stereocenters. The van der Waals surface area contributed by atoms with E-state index in [1.807, 2.05) is 11.3 Å². The van der Waals surface area contributed by atoms with Crippen LogP contribution in [0.25, 0.3) is 85.9 Å². The molecule has 248 valence electrons. The number of hydrogen-bond acceptors (Lipinski definition) is 3. The SMILES string of the molecule is c1ccc(-c2cccc(N(c3ccc(-c4ccc5oc6c7ccccc7c7ccccc7c6c5c4)cc3)c3cccc4c3sc3ccccc34)c2)cc1. The molecule has 0 spiro atoms. The summed E-state index contributed by atoms with van der Waals surface area (Å²) in [6.45, 7) is 0. The lowest BCUT2D eigenvalue weighted by Crippen LogP contribution is -2.10. The molecule has 0 aliphatic heterocycles. The Morgan fingerprint density at radius 2 is 0.981 bits per heavy atom. The van der Waals surface area contributed by atoms with Crippen molar-refractivity contribution in [3.8, 4) is 22.3 Å². The molecular formula is C50H31NOS. The third kappa shape index (κ3) is 4.78. The molecule has 2 nitrogen and oxygen atoms in total. The van der Waals surface area contributed by atoms with Crippen LogP contribution in [0, 0.1) is 0 Å². The molecule has 0 unspecified atom stereocenters. The van der Waals surface area contributed by atoms with Gasteiger partial charge in [0, 0.05) is 43.0 Å². The Morgan fingerprint density at radius 1 is 0.377 bits per heavy atom. The molecule has 53 heavy (non-hydrogen) atoms. The van der Waals surface area contributed by atoms with Crippen molar-refractivity contribution in [2.45, 2.75) is 0 Å². The molecule has 0 bridgehead atoms. The summed E-state index contributed by atoms with van der Waals surface area (Å²) in [6.07, 6.45) is 0. The van der Waals surface area contributed by atoms with Crippen LogP contribution in [0.4, 0.5) is 17.1 Å². The van der Waals surface area contributed by atoms with Gasteiger partial charge in [0.05, 0.1) is 10.4 Å². The highest BCUT2D eigenvalue weighted by atomic mass is 32.1. The van der Waals surface area contributed by atoms with Crippen molar-refractivity contribution >= 4 is 92.1 Å². The van der Waals surface area contributed by atoms with Gasteiger partial charge in [-0.2, -0.15) is 0 Å². The van der Waals surface area contributed by atoms with E-state index in [2.05, 4.69) is 193 Å². The lowest BCUT2D eigenvalue weighted by Gasteiger charge is -2.27. The van der Waals surface area contributed by atoms with Crippen LogP contribution in [-0.4, -0.2) is 0 Å². The van der Waals surface area contributed by atoms with Crippen LogP contribution in [0.15, 0.2) is 192 Å². The molecule has 0 saturated carbocycles. The number of anilines is 3. The maximum absolute atomic E-state index is 6.61. The molecule has 0 N–H and O–H groups in total. The second-order valence-corrected chi connectivity index (χ2v) is 14.7. The monoisotopic (exact) mass is 693 g/mol. The zero-order valence-corrected chi connectivity index (χ0v) is 29.5. The van der Waals surface area contributed by atoms with Crippen molar-refractivity contribution in [1.29, 1.82) is 0 Å². The third-order valence-electron chi connectivity index (χ3n) is 10.6. The Labute approximate surface area is 310 Å². The van der Waals surface area contributed by atoms with Crippen LogP contribution in [0.3, 0.4) is 0 Å². The van der Waals surface area contributed by atoms with Gasteiger partial charge in [0.1, 0.15) is 11.2 Å². The number of rotatable bonds is 5. The van der Waals surface area contributed by atoms with Gasteiger partial charge in [-0.05, 0) is 86.9 Å². The van der Waals surface area contributed by atoms with Crippen LogP contribution in [0.2, 0.25) is 0 Å². The first-order valence-corrected chi connectivity index (χ1v) is 18.8. The summed E-state index contributed by atoms with van der Waals surface area (Å²) >= 11 is 1.86. The van der Waals surface area contributed by atoms with Crippen LogP contribution < -0.4 is 4.90 Å². The van der Waals surface area contributed by atoms with E-state index < -0.39 is 0 Å². The van der Waals surface area contributed by atoms with E-state index in [9.17, 15) is 0 Å². The zero-order valence-electron chi connectivity index (χ0n) is 28.7. The summed E-state index contributed by atoms with van der Waals surface area (Å²) in [7, 11) is 0. The van der Waals surface area contributed by atoms with Gasteiger partial charge in [-0.25, -0.2) is 0 Å². The van der Waals surface area contributed by atoms with Gasteiger partial charge in [-0.3, -0.25) is 0 Å². The minimum atomic E-state index is 0.905. The topological polar surface area (TPSA) is 16.4 Å². The Hall–Kier alpha value is -6.68. The van der Waals surface area contributed by atoms with Crippen LogP contribution >= 0.6 is 11.3 Å². The fourth-order valence-electron chi connectivity index (χ4n) is 8.18. The third-order valence-corrected chi connectivity index (χ3v) is 11.9. The van der Waals surface area contributed by atoms with Crippen molar-refractivity contribution in [2.24, 2.45) is 0 Å². The molecule has 0 aliphatic carbocycles. The van der Waals surface area contributed by atoms with Crippen LogP contribution in [0.5, 0.6) is 0 Å². The Balaban J connectivity index is 1.07. The summed E-state index contributed by atoms with van der Waals surface area (Å²) < 4.78 is 9.18. The average molecular weight is 694 g/mol. The largest absolute Gasteiger partial charge is 0.455 e.